The summed E-state index contributed by atoms with van der Waals surface area (Å²) in [5.74, 6) is -2.21. The number of hydrogen-bond acceptors (Lipinski definition) is 7. The van der Waals surface area contributed by atoms with E-state index < -0.39 is 58.4 Å². The Balaban J connectivity index is 1.34. The topological polar surface area (TPSA) is 134 Å². The van der Waals surface area contributed by atoms with Crippen LogP contribution in [-0.4, -0.2) is 64.0 Å². The summed E-state index contributed by atoms with van der Waals surface area (Å²) in [5.41, 5.74) is 1.23. The number of sulfonamides is 1. The fourth-order valence-electron chi connectivity index (χ4n) is 5.18. The lowest BCUT2D eigenvalue weighted by Crippen LogP contribution is -2.54. The van der Waals surface area contributed by atoms with Crippen molar-refractivity contribution in [1.29, 1.82) is 0 Å². The van der Waals surface area contributed by atoms with E-state index in [-0.39, 0.29) is 23.6 Å². The lowest BCUT2D eigenvalue weighted by Gasteiger charge is -2.28. The van der Waals surface area contributed by atoms with Crippen LogP contribution in [-0.2, 0) is 32.4 Å². The van der Waals surface area contributed by atoms with Crippen molar-refractivity contribution >= 4 is 27.7 Å². The number of rotatable bonds is 13. The number of ether oxygens (including phenoxy) is 2. The van der Waals surface area contributed by atoms with E-state index in [0.29, 0.717) is 23.7 Å². The van der Waals surface area contributed by atoms with E-state index in [9.17, 15) is 31.9 Å². The van der Waals surface area contributed by atoms with Crippen LogP contribution in [0, 0.1) is 17.6 Å². The number of halogens is 2. The summed E-state index contributed by atoms with van der Waals surface area (Å²) in [6, 6.07) is 14.2. The minimum Gasteiger partial charge on any atom is -0.496 e. The van der Waals surface area contributed by atoms with Gasteiger partial charge in [-0.05, 0) is 61.4 Å². The van der Waals surface area contributed by atoms with E-state index in [0.717, 1.165) is 41.5 Å². The SMILES string of the molecule is COc1cccc(S(=O)(=O)NC[C@@H](O)[C@H](Cc2ccccc2)NC(=O)C2COC(=O)N2c2ccc(F)c(F)c2)c1CC1CC1. The summed E-state index contributed by atoms with van der Waals surface area (Å²) in [7, 11) is -2.61. The molecule has 234 valence electrons. The molecule has 44 heavy (non-hydrogen) atoms. The second-order valence-electron chi connectivity index (χ2n) is 10.9. The maximum absolute atomic E-state index is 13.9. The number of nitrogens with one attached hydrogen (secondary N) is 2. The molecule has 3 atom stereocenters. The van der Waals surface area contributed by atoms with Crippen LogP contribution in [0.5, 0.6) is 5.75 Å². The maximum Gasteiger partial charge on any atom is 0.415 e. The molecule has 1 unspecified atom stereocenters. The van der Waals surface area contributed by atoms with E-state index in [4.69, 9.17) is 9.47 Å². The predicted octanol–water partition coefficient (Wildman–Crippen LogP) is 3.32. The van der Waals surface area contributed by atoms with Crippen molar-refractivity contribution < 1.29 is 41.4 Å². The van der Waals surface area contributed by atoms with Crippen molar-refractivity contribution in [2.45, 2.75) is 48.8 Å². The third-order valence-electron chi connectivity index (χ3n) is 7.72. The smallest absolute Gasteiger partial charge is 0.415 e. The van der Waals surface area contributed by atoms with Crippen LogP contribution >= 0.6 is 0 Å². The lowest BCUT2D eigenvalue weighted by atomic mass is 10.0. The number of cyclic esters (lactones) is 1. The Morgan fingerprint density at radius 3 is 2.52 bits per heavy atom. The molecule has 5 rings (SSSR count). The molecule has 0 bridgehead atoms. The molecule has 2 aliphatic rings. The highest BCUT2D eigenvalue weighted by Gasteiger charge is 2.41. The van der Waals surface area contributed by atoms with Gasteiger partial charge in [0.15, 0.2) is 17.7 Å². The van der Waals surface area contributed by atoms with Gasteiger partial charge in [0, 0.05) is 18.2 Å². The number of hydrogen-bond donors (Lipinski definition) is 3. The van der Waals surface area contributed by atoms with E-state index >= 15 is 0 Å². The summed E-state index contributed by atoms with van der Waals surface area (Å²) in [5, 5.41) is 13.9. The van der Waals surface area contributed by atoms with Crippen LogP contribution in [0.4, 0.5) is 19.3 Å². The van der Waals surface area contributed by atoms with Crippen molar-refractivity contribution in [2.24, 2.45) is 5.92 Å². The van der Waals surface area contributed by atoms with Crippen LogP contribution in [0.2, 0.25) is 0 Å². The van der Waals surface area contributed by atoms with Crippen molar-refractivity contribution in [2.75, 3.05) is 25.2 Å². The molecule has 3 aromatic carbocycles. The highest BCUT2D eigenvalue weighted by Crippen LogP contribution is 2.37. The molecule has 13 heteroatoms. The molecule has 1 aliphatic carbocycles. The van der Waals surface area contributed by atoms with Crippen molar-refractivity contribution in [3.8, 4) is 5.75 Å². The normalized spacial score (nSPS) is 18.0. The highest BCUT2D eigenvalue weighted by molar-refractivity contribution is 7.89. The van der Waals surface area contributed by atoms with Crippen LogP contribution in [0.1, 0.15) is 24.0 Å². The minimum atomic E-state index is -4.09. The van der Waals surface area contributed by atoms with Crippen LogP contribution in [0.15, 0.2) is 71.6 Å². The second-order valence-corrected chi connectivity index (χ2v) is 12.6. The highest BCUT2D eigenvalue weighted by atomic mass is 32.2. The summed E-state index contributed by atoms with van der Waals surface area (Å²) in [6.07, 6.45) is 0.358. The first-order valence-electron chi connectivity index (χ1n) is 14.2. The number of benzene rings is 3. The Labute approximate surface area is 254 Å². The number of methoxy groups -OCH3 is 1. The Morgan fingerprint density at radius 1 is 1.09 bits per heavy atom. The zero-order valence-corrected chi connectivity index (χ0v) is 24.7. The average Bonchev–Trinajstić information content (AvgIpc) is 3.75. The van der Waals surface area contributed by atoms with E-state index in [1.807, 2.05) is 0 Å². The molecular weight excluding hydrogens is 596 g/mol. The van der Waals surface area contributed by atoms with Gasteiger partial charge in [-0.3, -0.25) is 9.69 Å². The van der Waals surface area contributed by atoms with Crippen molar-refractivity contribution in [1.82, 2.24) is 10.0 Å². The number of aliphatic hydroxyl groups excluding tert-OH is 1. The van der Waals surface area contributed by atoms with Gasteiger partial charge in [0.05, 0.1) is 29.8 Å². The molecule has 1 saturated heterocycles. The van der Waals surface area contributed by atoms with E-state index in [1.54, 1.807) is 42.5 Å². The Kier molecular flexibility index (Phi) is 9.47. The van der Waals surface area contributed by atoms with Gasteiger partial charge in [-0.2, -0.15) is 0 Å². The van der Waals surface area contributed by atoms with Gasteiger partial charge in [0.1, 0.15) is 12.4 Å². The quantitative estimate of drug-likeness (QED) is 0.264. The second kappa shape index (κ2) is 13.3. The maximum atomic E-state index is 13.9. The van der Waals surface area contributed by atoms with Crippen LogP contribution in [0.3, 0.4) is 0 Å². The van der Waals surface area contributed by atoms with Gasteiger partial charge < -0.3 is 19.9 Å². The fraction of sp³-hybridized carbons (Fsp3) is 0.355. The molecule has 3 N–H and O–H groups in total. The van der Waals surface area contributed by atoms with E-state index in [1.165, 1.54) is 13.2 Å². The van der Waals surface area contributed by atoms with Crippen molar-refractivity contribution in [3.63, 3.8) is 0 Å². The lowest BCUT2D eigenvalue weighted by molar-refractivity contribution is -0.123. The number of nitrogens with zero attached hydrogens (tertiary/aromatic N) is 1. The number of carbonyl (C=O) groups is 2. The van der Waals surface area contributed by atoms with Crippen molar-refractivity contribution in [3.05, 3.63) is 89.5 Å². The fourth-order valence-corrected chi connectivity index (χ4v) is 6.49. The zero-order chi connectivity index (χ0) is 31.4. The summed E-state index contributed by atoms with van der Waals surface area (Å²) in [4.78, 5) is 26.9. The van der Waals surface area contributed by atoms with Gasteiger partial charge in [0.25, 0.3) is 0 Å². The summed E-state index contributed by atoms with van der Waals surface area (Å²) in [6.45, 7) is -0.808. The largest absolute Gasteiger partial charge is 0.496 e. The van der Waals surface area contributed by atoms with Gasteiger partial charge in [-0.1, -0.05) is 36.4 Å². The Bertz CT molecular complexity index is 1620. The van der Waals surface area contributed by atoms with Gasteiger partial charge in [-0.25, -0.2) is 26.7 Å². The molecule has 2 fully saturated rings. The average molecular weight is 630 g/mol. The zero-order valence-electron chi connectivity index (χ0n) is 23.9. The number of anilines is 1. The molecule has 0 radical (unpaired) electrons. The molecule has 0 spiro atoms. The Morgan fingerprint density at radius 2 is 1.84 bits per heavy atom. The Hall–Kier alpha value is -4.07. The third-order valence-corrected chi connectivity index (χ3v) is 9.23. The number of amides is 2. The van der Waals surface area contributed by atoms with Crippen LogP contribution in [0.25, 0.3) is 0 Å². The molecular formula is C31H33F2N3O7S. The molecule has 3 aromatic rings. The molecule has 0 aromatic heterocycles. The molecule has 1 saturated carbocycles. The minimum absolute atomic E-state index is 0.0587. The molecule has 1 aliphatic heterocycles. The molecule has 10 nitrogen and oxygen atoms in total. The number of aliphatic hydroxyl groups is 1. The standard InChI is InChI=1S/C31H33F2N3O7S/c1-42-28-8-5-9-29(22(28)14-20-10-11-20)44(40,41)34-17-27(37)25(15-19-6-3-2-4-7-19)35-30(38)26-18-43-31(39)36(26)21-12-13-23(32)24(33)16-21/h2-9,12-13,16,20,25-27,34,37H,10-11,14-15,17-18H2,1H3,(H,35,38)/t25-,26?,27+/m0/s1. The van der Waals surface area contributed by atoms with Crippen LogP contribution < -0.4 is 19.7 Å². The molecule has 2 amide bonds. The predicted molar refractivity (Wildman–Crippen MR) is 157 cm³/mol. The van der Waals surface area contributed by atoms with Gasteiger partial charge in [-0.15, -0.1) is 0 Å². The first-order chi connectivity index (χ1) is 21.1. The first-order valence-corrected chi connectivity index (χ1v) is 15.6. The summed E-state index contributed by atoms with van der Waals surface area (Å²) >= 11 is 0. The monoisotopic (exact) mass is 629 g/mol. The third kappa shape index (κ3) is 7.17. The number of carbonyl (C=O) groups excluding carboxylic acids is 2. The van der Waals surface area contributed by atoms with E-state index in [2.05, 4.69) is 10.0 Å². The summed E-state index contributed by atoms with van der Waals surface area (Å²) < 4.78 is 67.3. The first kappa shape index (κ1) is 31.4. The van der Waals surface area contributed by atoms with Gasteiger partial charge >= 0.3 is 6.09 Å². The van der Waals surface area contributed by atoms with Gasteiger partial charge in [0.2, 0.25) is 15.9 Å². The molecule has 1 heterocycles.